The minimum absolute atomic E-state index is 0.0638. The van der Waals surface area contributed by atoms with Crippen LogP contribution in [0.1, 0.15) is 11.1 Å². The second kappa shape index (κ2) is 14.4. The summed E-state index contributed by atoms with van der Waals surface area (Å²) in [5.74, 6) is 1.35. The first-order chi connectivity index (χ1) is 30.3. The Morgan fingerprint density at radius 3 is 1.42 bits per heavy atom. The van der Waals surface area contributed by atoms with E-state index in [-0.39, 0.29) is 5.69 Å². The van der Waals surface area contributed by atoms with E-state index in [1.54, 1.807) is 28.8 Å². The molecule has 294 valence electrons. The summed E-state index contributed by atoms with van der Waals surface area (Å²) in [7, 11) is 0. The quantitative estimate of drug-likeness (QED) is 0.168. The lowest BCUT2D eigenvalue weighted by molar-refractivity contribution is -0.137. The van der Waals surface area contributed by atoms with Gasteiger partial charge in [0, 0.05) is 38.2 Å². The van der Waals surface area contributed by atoms with Crippen LogP contribution in [0.25, 0.3) is 100 Å². The first-order valence-electron chi connectivity index (χ1n) is 20.0. The molecular weight excluding hydrogens is 778 g/mol. The van der Waals surface area contributed by atoms with Crippen LogP contribution in [0.4, 0.5) is 13.2 Å². The van der Waals surface area contributed by atoms with Crippen molar-refractivity contribution in [2.24, 2.45) is 0 Å². The van der Waals surface area contributed by atoms with E-state index >= 15 is 13.2 Å². The first-order valence-corrected chi connectivity index (χ1v) is 20.0. The molecule has 0 aliphatic carbocycles. The molecule has 6 nitrogen and oxygen atoms in total. The molecule has 0 atom stereocenters. The van der Waals surface area contributed by atoms with Crippen molar-refractivity contribution in [3.8, 4) is 62.7 Å². The second-order valence-electron chi connectivity index (χ2n) is 15.1. The van der Waals surface area contributed by atoms with Gasteiger partial charge in [0.05, 0.1) is 50.6 Å². The Morgan fingerprint density at radius 1 is 0.403 bits per heavy atom. The van der Waals surface area contributed by atoms with Crippen LogP contribution in [-0.2, 0) is 6.18 Å². The van der Waals surface area contributed by atoms with E-state index in [0.29, 0.717) is 50.8 Å². The van der Waals surface area contributed by atoms with Gasteiger partial charge in [-0.2, -0.15) is 18.4 Å². The van der Waals surface area contributed by atoms with Crippen molar-refractivity contribution in [2.75, 3.05) is 0 Å². The third kappa shape index (κ3) is 6.08. The van der Waals surface area contributed by atoms with Gasteiger partial charge in [-0.25, -0.2) is 15.0 Å². The van der Waals surface area contributed by atoms with Crippen LogP contribution >= 0.6 is 0 Å². The Bertz CT molecular complexity index is 3470. The van der Waals surface area contributed by atoms with Crippen LogP contribution in [0.3, 0.4) is 0 Å². The number of halogens is 3. The average Bonchev–Trinajstić information content (AvgIpc) is 3.84. The lowest BCUT2D eigenvalue weighted by atomic mass is 9.99. The number of benzene rings is 8. The van der Waals surface area contributed by atoms with Crippen LogP contribution in [0.15, 0.2) is 188 Å². The number of alkyl halides is 3. The molecule has 0 N–H and O–H groups in total. The van der Waals surface area contributed by atoms with E-state index in [2.05, 4.69) is 10.6 Å². The largest absolute Gasteiger partial charge is 0.418 e. The highest BCUT2D eigenvalue weighted by atomic mass is 19.4. The van der Waals surface area contributed by atoms with Gasteiger partial charge < -0.3 is 9.13 Å². The van der Waals surface area contributed by atoms with Gasteiger partial charge in [-0.1, -0.05) is 127 Å². The summed E-state index contributed by atoms with van der Waals surface area (Å²) < 4.78 is 49.4. The predicted molar refractivity (Wildman–Crippen MR) is 240 cm³/mol. The standard InChI is InChI=1S/C53H31F3N6/c54-53(55,56)43-31-37(25-28-49(43)62-44-20-10-7-17-38(44)39-18-8-11-21-45(39)62)36-24-27-47-41(30-36)40-19-9-12-22-46(40)61(47)48-26-23-33(32-57)29-42(48)52-59-50(34-13-3-1-4-14-34)58-51(60-52)35-15-5-2-6-16-35/h1-31H. The zero-order valence-electron chi connectivity index (χ0n) is 32.7. The smallest absolute Gasteiger partial charge is 0.309 e. The van der Waals surface area contributed by atoms with Crippen molar-refractivity contribution in [1.82, 2.24) is 24.1 Å². The molecule has 8 aromatic carbocycles. The van der Waals surface area contributed by atoms with Crippen LogP contribution < -0.4 is 0 Å². The van der Waals surface area contributed by atoms with Gasteiger partial charge in [0.2, 0.25) is 0 Å². The van der Waals surface area contributed by atoms with Gasteiger partial charge in [-0.05, 0) is 71.8 Å². The molecule has 3 heterocycles. The topological polar surface area (TPSA) is 72.3 Å². The van der Waals surface area contributed by atoms with Gasteiger partial charge in [0.25, 0.3) is 0 Å². The zero-order valence-corrected chi connectivity index (χ0v) is 32.7. The third-order valence-electron chi connectivity index (χ3n) is 11.4. The molecule has 0 saturated heterocycles. The number of aromatic nitrogens is 5. The average molecular weight is 809 g/mol. The molecule has 0 unspecified atom stereocenters. The molecule has 9 heteroatoms. The highest BCUT2D eigenvalue weighted by molar-refractivity contribution is 6.11. The maximum Gasteiger partial charge on any atom is 0.418 e. The number of hydrogen-bond donors (Lipinski definition) is 0. The Labute approximate surface area is 353 Å². The van der Waals surface area contributed by atoms with Crippen LogP contribution in [0, 0.1) is 11.3 Å². The summed E-state index contributed by atoms with van der Waals surface area (Å²) in [6.45, 7) is 0. The molecule has 11 aromatic rings. The summed E-state index contributed by atoms with van der Waals surface area (Å²) >= 11 is 0. The summed E-state index contributed by atoms with van der Waals surface area (Å²) in [4.78, 5) is 14.9. The van der Waals surface area contributed by atoms with E-state index in [4.69, 9.17) is 15.0 Å². The van der Waals surface area contributed by atoms with Gasteiger partial charge in [0.1, 0.15) is 0 Å². The summed E-state index contributed by atoms with van der Waals surface area (Å²) in [6.07, 6.45) is -4.64. The number of nitriles is 1. The van der Waals surface area contributed by atoms with Gasteiger partial charge in [-0.15, -0.1) is 0 Å². The monoisotopic (exact) mass is 808 g/mol. The van der Waals surface area contributed by atoms with Crippen molar-refractivity contribution in [2.45, 2.75) is 6.18 Å². The minimum atomic E-state index is -4.64. The summed E-state index contributed by atoms with van der Waals surface area (Å²) in [5, 5.41) is 13.7. The van der Waals surface area contributed by atoms with Gasteiger partial charge >= 0.3 is 6.18 Å². The van der Waals surface area contributed by atoms with Gasteiger partial charge in [0.15, 0.2) is 17.5 Å². The lowest BCUT2D eigenvalue weighted by Gasteiger charge is -2.18. The van der Waals surface area contributed by atoms with Crippen LogP contribution in [0.2, 0.25) is 0 Å². The Balaban J connectivity index is 1.10. The molecular formula is C53H31F3N6. The molecule has 3 aromatic heterocycles. The molecule has 62 heavy (non-hydrogen) atoms. The Hall–Kier alpha value is -8.35. The van der Waals surface area contributed by atoms with Crippen molar-refractivity contribution in [3.63, 3.8) is 0 Å². The van der Waals surface area contributed by atoms with Crippen LogP contribution in [0.5, 0.6) is 0 Å². The Morgan fingerprint density at radius 2 is 0.855 bits per heavy atom. The number of hydrogen-bond acceptors (Lipinski definition) is 4. The molecule has 0 saturated carbocycles. The molecule has 0 aliphatic rings. The molecule has 11 rings (SSSR count). The van der Waals surface area contributed by atoms with E-state index in [9.17, 15) is 5.26 Å². The van der Waals surface area contributed by atoms with Crippen molar-refractivity contribution >= 4 is 43.6 Å². The molecule has 0 radical (unpaired) electrons. The number of para-hydroxylation sites is 3. The normalized spacial score (nSPS) is 11.8. The summed E-state index contributed by atoms with van der Waals surface area (Å²) in [5.41, 5.74) is 6.89. The molecule has 0 spiro atoms. The van der Waals surface area contributed by atoms with E-state index < -0.39 is 11.7 Å². The van der Waals surface area contributed by atoms with Crippen LogP contribution in [-0.4, -0.2) is 24.1 Å². The highest BCUT2D eigenvalue weighted by Crippen LogP contribution is 2.43. The van der Waals surface area contributed by atoms with E-state index in [0.717, 1.165) is 49.4 Å². The third-order valence-corrected chi connectivity index (χ3v) is 11.4. The SMILES string of the molecule is N#Cc1ccc(-n2c3ccccc3c3cc(-c4ccc(-n5c6ccccc6c6ccccc65)c(C(F)(F)F)c4)ccc32)c(-c2nc(-c3ccccc3)nc(-c3ccccc3)n2)c1. The Kier molecular flexibility index (Phi) is 8.55. The van der Waals surface area contributed by atoms with Gasteiger partial charge in [-0.3, -0.25) is 0 Å². The zero-order chi connectivity index (χ0) is 42.0. The first kappa shape index (κ1) is 36.7. The van der Waals surface area contributed by atoms with Crippen molar-refractivity contribution < 1.29 is 13.2 Å². The van der Waals surface area contributed by atoms with E-state index in [1.807, 2.05) is 158 Å². The number of nitrogens with zero attached hydrogens (tertiary/aromatic N) is 6. The maximum absolute atomic E-state index is 15.2. The predicted octanol–water partition coefficient (Wildman–Crippen LogP) is 13.6. The molecule has 0 bridgehead atoms. The highest BCUT2D eigenvalue weighted by Gasteiger charge is 2.35. The lowest BCUT2D eigenvalue weighted by Crippen LogP contribution is -2.11. The second-order valence-corrected chi connectivity index (χ2v) is 15.1. The number of fused-ring (bicyclic) bond motifs is 6. The van der Waals surface area contributed by atoms with Crippen molar-refractivity contribution in [1.29, 1.82) is 5.26 Å². The molecule has 0 aliphatic heterocycles. The fourth-order valence-electron chi connectivity index (χ4n) is 8.64. The van der Waals surface area contributed by atoms with Crippen molar-refractivity contribution in [3.05, 3.63) is 199 Å². The maximum atomic E-state index is 15.2. The molecule has 0 amide bonds. The minimum Gasteiger partial charge on any atom is -0.309 e. The molecule has 0 fully saturated rings. The van der Waals surface area contributed by atoms with E-state index in [1.165, 1.54) is 6.07 Å². The fourth-order valence-corrected chi connectivity index (χ4v) is 8.64. The summed E-state index contributed by atoms with van der Waals surface area (Å²) in [6, 6.07) is 60.5. The fraction of sp³-hybridized carbons (Fsp3) is 0.0189. The number of rotatable bonds is 6.